The first-order valence-corrected chi connectivity index (χ1v) is 8.68. The fourth-order valence-corrected chi connectivity index (χ4v) is 3.63. The Labute approximate surface area is 148 Å². The summed E-state index contributed by atoms with van der Waals surface area (Å²) in [4.78, 5) is 26.6. The van der Waals surface area contributed by atoms with Gasteiger partial charge in [-0.05, 0) is 42.5 Å². The molecular weight excluding hydrogens is 312 g/mol. The van der Waals surface area contributed by atoms with Crippen LogP contribution in [0.25, 0.3) is 0 Å². The summed E-state index contributed by atoms with van der Waals surface area (Å²) in [6.45, 7) is 6.21. The van der Waals surface area contributed by atoms with Gasteiger partial charge >= 0.3 is 0 Å². The summed E-state index contributed by atoms with van der Waals surface area (Å²) in [5.41, 5.74) is 5.26. The summed E-state index contributed by atoms with van der Waals surface area (Å²) >= 11 is 0. The molecule has 0 saturated heterocycles. The maximum absolute atomic E-state index is 12.7. The van der Waals surface area contributed by atoms with Gasteiger partial charge in [0.25, 0.3) is 0 Å². The second-order valence-electron chi connectivity index (χ2n) is 6.70. The Morgan fingerprint density at radius 1 is 1.08 bits per heavy atom. The molecule has 1 aliphatic rings. The largest absolute Gasteiger partial charge is 0.335 e. The van der Waals surface area contributed by atoms with Gasteiger partial charge in [0.1, 0.15) is 0 Å². The summed E-state index contributed by atoms with van der Waals surface area (Å²) in [7, 11) is 0. The molecule has 3 rings (SSSR count). The van der Waals surface area contributed by atoms with Crippen LogP contribution in [0.1, 0.15) is 41.6 Å². The van der Waals surface area contributed by atoms with Gasteiger partial charge in [0.15, 0.2) is 0 Å². The third-order valence-electron chi connectivity index (χ3n) is 4.94. The number of nitrogens with zero attached hydrogens (tertiary/aromatic N) is 1. The third-order valence-corrected chi connectivity index (χ3v) is 4.94. The van der Waals surface area contributed by atoms with E-state index in [1.807, 2.05) is 55.1 Å². The highest BCUT2D eigenvalue weighted by atomic mass is 16.2. The molecule has 2 amide bonds. The fraction of sp³-hybridized carbons (Fsp3) is 0.333. The zero-order valence-corrected chi connectivity index (χ0v) is 15.0. The topological polar surface area (TPSA) is 49.4 Å². The highest BCUT2D eigenvalue weighted by Gasteiger charge is 2.30. The second-order valence-corrected chi connectivity index (χ2v) is 6.70. The number of nitrogens with one attached hydrogen (secondary N) is 1. The number of para-hydroxylation sites is 1. The van der Waals surface area contributed by atoms with Gasteiger partial charge in [-0.15, -0.1) is 0 Å². The molecule has 0 bridgehead atoms. The molecule has 1 heterocycles. The predicted molar refractivity (Wildman–Crippen MR) is 99.4 cm³/mol. The van der Waals surface area contributed by atoms with E-state index in [1.54, 1.807) is 6.92 Å². The van der Waals surface area contributed by atoms with Crippen molar-refractivity contribution in [2.75, 3.05) is 11.9 Å². The van der Waals surface area contributed by atoms with Crippen LogP contribution < -0.4 is 5.32 Å². The average Bonchev–Trinajstić information content (AvgIpc) is 2.58. The number of fused-ring (bicyclic) bond motifs is 1. The molecule has 0 aromatic heterocycles. The number of anilines is 1. The van der Waals surface area contributed by atoms with Gasteiger partial charge in [-0.1, -0.05) is 42.5 Å². The Morgan fingerprint density at radius 3 is 2.44 bits per heavy atom. The van der Waals surface area contributed by atoms with E-state index >= 15 is 0 Å². The number of rotatable bonds is 3. The normalized spacial score (nSPS) is 16.3. The van der Waals surface area contributed by atoms with Crippen molar-refractivity contribution in [3.05, 3.63) is 64.7 Å². The van der Waals surface area contributed by atoms with E-state index in [4.69, 9.17) is 0 Å². The van der Waals surface area contributed by atoms with E-state index in [1.165, 1.54) is 5.56 Å². The van der Waals surface area contributed by atoms with Crippen LogP contribution in [0.2, 0.25) is 0 Å². The molecule has 0 saturated carbocycles. The first-order chi connectivity index (χ1) is 12.0. The molecule has 0 aliphatic carbocycles. The van der Waals surface area contributed by atoms with E-state index in [0.717, 1.165) is 28.8 Å². The van der Waals surface area contributed by atoms with Crippen molar-refractivity contribution in [1.29, 1.82) is 0 Å². The zero-order chi connectivity index (χ0) is 18.0. The second kappa shape index (κ2) is 7.09. The maximum Gasteiger partial charge on any atom is 0.226 e. The molecule has 1 N–H and O–H groups in total. The van der Waals surface area contributed by atoms with Gasteiger partial charge in [0, 0.05) is 19.2 Å². The summed E-state index contributed by atoms with van der Waals surface area (Å²) in [5.74, 6) is -0.0512. The van der Waals surface area contributed by atoms with Crippen LogP contribution in [0.4, 0.5) is 5.69 Å². The molecule has 1 aliphatic heterocycles. The molecule has 25 heavy (non-hydrogen) atoms. The average molecular weight is 336 g/mol. The van der Waals surface area contributed by atoms with Gasteiger partial charge in [0.05, 0.1) is 12.5 Å². The van der Waals surface area contributed by atoms with Crippen molar-refractivity contribution in [2.24, 2.45) is 0 Å². The maximum atomic E-state index is 12.7. The Balaban J connectivity index is 1.84. The molecular formula is C21H24N2O2. The van der Waals surface area contributed by atoms with E-state index < -0.39 is 0 Å². The van der Waals surface area contributed by atoms with E-state index in [0.29, 0.717) is 6.54 Å². The minimum atomic E-state index is -0.202. The lowest BCUT2D eigenvalue weighted by Gasteiger charge is -2.36. The number of benzene rings is 2. The lowest BCUT2D eigenvalue weighted by atomic mass is 9.90. The summed E-state index contributed by atoms with van der Waals surface area (Å²) < 4.78 is 0. The number of hydrogen-bond donors (Lipinski definition) is 1. The molecule has 0 spiro atoms. The van der Waals surface area contributed by atoms with Crippen molar-refractivity contribution >= 4 is 17.5 Å². The number of aryl methyl sites for hydroxylation is 2. The molecule has 4 nitrogen and oxygen atoms in total. The molecule has 1 atom stereocenters. The quantitative estimate of drug-likeness (QED) is 0.927. The Hall–Kier alpha value is -2.62. The van der Waals surface area contributed by atoms with Crippen molar-refractivity contribution in [2.45, 2.75) is 39.7 Å². The van der Waals surface area contributed by atoms with Crippen LogP contribution in [0.5, 0.6) is 0 Å². The van der Waals surface area contributed by atoms with E-state index in [2.05, 4.69) is 11.4 Å². The lowest BCUT2D eigenvalue weighted by molar-refractivity contribution is -0.132. The predicted octanol–water partition coefficient (Wildman–Crippen LogP) is 3.78. The Bertz CT molecular complexity index is 793. The van der Waals surface area contributed by atoms with Crippen LogP contribution in [0, 0.1) is 13.8 Å². The lowest BCUT2D eigenvalue weighted by Crippen LogP contribution is -2.40. The fourth-order valence-electron chi connectivity index (χ4n) is 3.63. The Morgan fingerprint density at radius 2 is 1.76 bits per heavy atom. The molecule has 1 unspecified atom stereocenters. The van der Waals surface area contributed by atoms with Crippen LogP contribution in [0.3, 0.4) is 0 Å². The van der Waals surface area contributed by atoms with Crippen LogP contribution >= 0.6 is 0 Å². The van der Waals surface area contributed by atoms with Gasteiger partial charge in [-0.3, -0.25) is 9.59 Å². The number of carbonyl (C=O) groups excluding carboxylic acids is 2. The Kier molecular flexibility index (Phi) is 4.88. The van der Waals surface area contributed by atoms with Crippen molar-refractivity contribution < 1.29 is 9.59 Å². The third kappa shape index (κ3) is 3.58. The molecule has 2 aromatic carbocycles. The van der Waals surface area contributed by atoms with Crippen LogP contribution in [-0.4, -0.2) is 23.3 Å². The molecule has 4 heteroatoms. The highest BCUT2D eigenvalue weighted by Crippen LogP contribution is 2.33. The van der Waals surface area contributed by atoms with Crippen molar-refractivity contribution in [3.63, 3.8) is 0 Å². The van der Waals surface area contributed by atoms with Crippen molar-refractivity contribution in [1.82, 2.24) is 4.90 Å². The van der Waals surface area contributed by atoms with E-state index in [-0.39, 0.29) is 24.3 Å². The zero-order valence-electron chi connectivity index (χ0n) is 15.0. The molecule has 0 radical (unpaired) electrons. The summed E-state index contributed by atoms with van der Waals surface area (Å²) in [6.07, 6.45) is 1.11. The van der Waals surface area contributed by atoms with Gasteiger partial charge in [0.2, 0.25) is 11.8 Å². The van der Waals surface area contributed by atoms with Crippen LogP contribution in [0.15, 0.2) is 42.5 Å². The smallest absolute Gasteiger partial charge is 0.226 e. The van der Waals surface area contributed by atoms with Gasteiger partial charge < -0.3 is 10.2 Å². The SMILES string of the molecule is CC(=O)N1CCc2ccccc2C1CC(=O)Nc1c(C)cccc1C. The minimum Gasteiger partial charge on any atom is -0.335 e. The van der Waals surface area contributed by atoms with Crippen molar-refractivity contribution in [3.8, 4) is 0 Å². The first kappa shape index (κ1) is 17.2. The van der Waals surface area contributed by atoms with E-state index in [9.17, 15) is 9.59 Å². The number of carbonyl (C=O) groups is 2. The summed E-state index contributed by atoms with van der Waals surface area (Å²) in [6, 6.07) is 13.8. The number of hydrogen-bond acceptors (Lipinski definition) is 2. The molecule has 0 fully saturated rings. The minimum absolute atomic E-state index is 0.0133. The standard InChI is InChI=1S/C21H24N2O2/c1-14-7-6-8-15(2)21(14)22-20(25)13-19-18-10-5-4-9-17(18)11-12-23(19)16(3)24/h4-10,19H,11-13H2,1-3H3,(H,22,25). The monoisotopic (exact) mass is 336 g/mol. The molecule has 2 aromatic rings. The van der Waals surface area contributed by atoms with Gasteiger partial charge in [-0.2, -0.15) is 0 Å². The van der Waals surface area contributed by atoms with Gasteiger partial charge in [-0.25, -0.2) is 0 Å². The number of amides is 2. The molecule has 130 valence electrons. The first-order valence-electron chi connectivity index (χ1n) is 8.68. The van der Waals surface area contributed by atoms with Crippen LogP contribution in [-0.2, 0) is 16.0 Å². The summed E-state index contributed by atoms with van der Waals surface area (Å²) in [5, 5.41) is 3.04. The highest BCUT2D eigenvalue weighted by molar-refractivity contribution is 5.93.